The van der Waals surface area contributed by atoms with Gasteiger partial charge in [0.05, 0.1) is 0 Å². The van der Waals surface area contributed by atoms with E-state index in [0.29, 0.717) is 0 Å². The first-order valence-electron chi connectivity index (χ1n) is 4.00. The molecular weight excluding hydrogens is 244 g/mol. The van der Waals surface area contributed by atoms with Gasteiger partial charge in [-0.3, -0.25) is 4.79 Å². The molecule has 0 atom stereocenters. The Morgan fingerprint density at radius 1 is 1.21 bits per heavy atom. The molecule has 0 fully saturated rings. The van der Waals surface area contributed by atoms with Crippen molar-refractivity contribution in [1.82, 2.24) is 0 Å². The summed E-state index contributed by atoms with van der Waals surface area (Å²) < 4.78 is 0. The predicted molar refractivity (Wildman–Crippen MR) is 60.2 cm³/mol. The first-order valence-corrected chi connectivity index (χ1v) is 4.92. The molecule has 0 saturated heterocycles. The molecule has 0 aliphatic rings. The third-order valence-electron chi connectivity index (χ3n) is 1.56. The van der Waals surface area contributed by atoms with Crippen LogP contribution in [0.25, 0.3) is 6.08 Å². The zero-order valence-electron chi connectivity index (χ0n) is 7.35. The Hall–Kier alpha value is -1.35. The molecule has 72 valence electrons. The summed E-state index contributed by atoms with van der Waals surface area (Å²) in [6.07, 6.45) is 4.57. The van der Waals surface area contributed by atoms with Gasteiger partial charge in [0, 0.05) is 0 Å². The number of halogens is 1. The molecule has 1 rings (SSSR count). The molecular formula is C11H9BrO2. The zero-order chi connectivity index (χ0) is 10.4. The molecule has 14 heavy (non-hydrogen) atoms. The van der Waals surface area contributed by atoms with Crippen LogP contribution < -0.4 is 0 Å². The van der Waals surface area contributed by atoms with Crippen molar-refractivity contribution in [3.63, 3.8) is 0 Å². The maximum Gasteiger partial charge on any atom is 0.179 e. The van der Waals surface area contributed by atoms with E-state index in [2.05, 4.69) is 15.9 Å². The van der Waals surface area contributed by atoms with Gasteiger partial charge in [0.25, 0.3) is 0 Å². The molecule has 0 aliphatic heterocycles. The molecule has 3 heteroatoms. The Balaban J connectivity index is 2.69. The second-order valence-corrected chi connectivity index (χ2v) is 3.15. The van der Waals surface area contributed by atoms with Gasteiger partial charge >= 0.3 is 0 Å². The van der Waals surface area contributed by atoms with E-state index in [1.807, 2.05) is 0 Å². The van der Waals surface area contributed by atoms with Crippen LogP contribution in [0.3, 0.4) is 0 Å². The average molecular weight is 253 g/mol. The fourth-order valence-corrected chi connectivity index (χ4v) is 1.14. The number of aromatic hydroxyl groups is 1. The molecule has 2 nitrogen and oxygen atoms in total. The van der Waals surface area contributed by atoms with Crippen molar-refractivity contribution in [2.75, 3.05) is 0 Å². The molecule has 0 unspecified atom stereocenters. The third kappa shape index (κ3) is 3.58. The minimum Gasteiger partial charge on any atom is -0.508 e. The van der Waals surface area contributed by atoms with E-state index in [9.17, 15) is 4.79 Å². The summed E-state index contributed by atoms with van der Waals surface area (Å²) in [7, 11) is 0. The van der Waals surface area contributed by atoms with E-state index in [1.165, 1.54) is 17.1 Å². The van der Waals surface area contributed by atoms with Crippen molar-refractivity contribution in [2.24, 2.45) is 0 Å². The number of hydrogen-bond acceptors (Lipinski definition) is 2. The van der Waals surface area contributed by atoms with E-state index < -0.39 is 0 Å². The Bertz CT molecular complexity index is 363. The Morgan fingerprint density at radius 2 is 1.86 bits per heavy atom. The van der Waals surface area contributed by atoms with Gasteiger partial charge in [-0.1, -0.05) is 34.1 Å². The normalized spacial score (nSPS) is 11.2. The number of carbonyl (C=O) groups excluding carboxylic acids is 1. The van der Waals surface area contributed by atoms with Gasteiger partial charge < -0.3 is 5.11 Å². The summed E-state index contributed by atoms with van der Waals surface area (Å²) in [6, 6.07) is 6.61. The van der Waals surface area contributed by atoms with Gasteiger partial charge in [0.2, 0.25) is 0 Å². The molecule has 0 spiro atoms. The monoisotopic (exact) mass is 252 g/mol. The second-order valence-electron chi connectivity index (χ2n) is 2.62. The smallest absolute Gasteiger partial charge is 0.179 e. The Labute approximate surface area is 90.7 Å². The summed E-state index contributed by atoms with van der Waals surface area (Å²) in [5.41, 5.74) is 0.874. The van der Waals surface area contributed by atoms with E-state index in [4.69, 9.17) is 5.11 Å². The van der Waals surface area contributed by atoms with Crippen LogP contribution in [0.2, 0.25) is 0 Å². The number of carbonyl (C=O) groups is 1. The van der Waals surface area contributed by atoms with Crippen LogP contribution in [-0.4, -0.2) is 10.9 Å². The van der Waals surface area contributed by atoms with E-state index >= 15 is 0 Å². The summed E-state index contributed by atoms with van der Waals surface area (Å²) in [5, 5.41) is 9.01. The number of allylic oxidation sites excluding steroid dienone is 2. The van der Waals surface area contributed by atoms with Crippen LogP contribution in [0.1, 0.15) is 5.56 Å². The second kappa shape index (κ2) is 5.40. The van der Waals surface area contributed by atoms with Gasteiger partial charge in [0.15, 0.2) is 5.78 Å². The van der Waals surface area contributed by atoms with Gasteiger partial charge in [0.1, 0.15) is 5.75 Å². The SMILES string of the molecule is O=C(C=CBr)C=Cc1ccc(O)cc1. The first-order chi connectivity index (χ1) is 6.72. The minimum atomic E-state index is -0.0880. The zero-order valence-corrected chi connectivity index (χ0v) is 8.94. The van der Waals surface area contributed by atoms with Gasteiger partial charge in [-0.25, -0.2) is 0 Å². The minimum absolute atomic E-state index is 0.0880. The molecule has 1 aromatic carbocycles. The van der Waals surface area contributed by atoms with Crippen molar-refractivity contribution >= 4 is 27.8 Å². The Kier molecular flexibility index (Phi) is 4.13. The molecule has 0 amide bonds. The van der Waals surface area contributed by atoms with Crippen LogP contribution >= 0.6 is 15.9 Å². The lowest BCUT2D eigenvalue weighted by atomic mass is 10.2. The highest BCUT2D eigenvalue weighted by molar-refractivity contribution is 9.11. The van der Waals surface area contributed by atoms with Crippen LogP contribution in [0, 0.1) is 0 Å². The highest BCUT2D eigenvalue weighted by Gasteiger charge is 1.90. The number of rotatable bonds is 3. The van der Waals surface area contributed by atoms with Gasteiger partial charge in [-0.2, -0.15) is 0 Å². The molecule has 0 radical (unpaired) electrons. The summed E-state index contributed by atoms with van der Waals surface area (Å²) in [5.74, 6) is 0.129. The topological polar surface area (TPSA) is 37.3 Å². The van der Waals surface area contributed by atoms with Crippen LogP contribution in [0.15, 0.2) is 41.4 Å². The maximum atomic E-state index is 11.0. The van der Waals surface area contributed by atoms with Gasteiger partial charge in [-0.15, -0.1) is 0 Å². The lowest BCUT2D eigenvalue weighted by Crippen LogP contribution is -1.83. The molecule has 0 heterocycles. The third-order valence-corrected chi connectivity index (χ3v) is 1.82. The fraction of sp³-hybridized carbons (Fsp3) is 0. The van der Waals surface area contributed by atoms with Crippen molar-refractivity contribution in [2.45, 2.75) is 0 Å². The Morgan fingerprint density at radius 3 is 2.43 bits per heavy atom. The summed E-state index contributed by atoms with van der Waals surface area (Å²) >= 11 is 3.02. The van der Waals surface area contributed by atoms with Crippen LogP contribution in [0.4, 0.5) is 0 Å². The highest BCUT2D eigenvalue weighted by atomic mass is 79.9. The van der Waals surface area contributed by atoms with Crippen LogP contribution in [-0.2, 0) is 4.79 Å². The van der Waals surface area contributed by atoms with Crippen molar-refractivity contribution in [3.8, 4) is 5.75 Å². The number of phenolic OH excluding ortho intramolecular Hbond substituents is 1. The number of hydrogen-bond donors (Lipinski definition) is 1. The lowest BCUT2D eigenvalue weighted by Gasteiger charge is -1.92. The fourth-order valence-electron chi connectivity index (χ4n) is 0.881. The molecule has 0 saturated carbocycles. The summed E-state index contributed by atoms with van der Waals surface area (Å²) in [6.45, 7) is 0. The molecule has 0 bridgehead atoms. The maximum absolute atomic E-state index is 11.0. The van der Waals surface area contributed by atoms with E-state index in [-0.39, 0.29) is 11.5 Å². The quantitative estimate of drug-likeness (QED) is 0.841. The van der Waals surface area contributed by atoms with E-state index in [1.54, 1.807) is 30.3 Å². The van der Waals surface area contributed by atoms with Gasteiger partial charge in [-0.05, 0) is 34.8 Å². The largest absolute Gasteiger partial charge is 0.508 e. The standard InChI is InChI=1S/C11H9BrO2/c12-8-7-11(14)6-3-9-1-4-10(13)5-2-9/h1-8,13H. The van der Waals surface area contributed by atoms with E-state index in [0.717, 1.165) is 5.56 Å². The average Bonchev–Trinajstić information content (AvgIpc) is 2.17. The predicted octanol–water partition coefficient (Wildman–Crippen LogP) is 2.88. The molecule has 0 aromatic heterocycles. The van der Waals surface area contributed by atoms with Crippen molar-refractivity contribution < 1.29 is 9.90 Å². The number of phenols is 1. The highest BCUT2D eigenvalue weighted by Crippen LogP contribution is 2.10. The van der Waals surface area contributed by atoms with Crippen molar-refractivity contribution in [1.29, 1.82) is 0 Å². The molecule has 1 N–H and O–H groups in total. The van der Waals surface area contributed by atoms with Crippen molar-refractivity contribution in [3.05, 3.63) is 47.0 Å². The summed E-state index contributed by atoms with van der Waals surface area (Å²) in [4.78, 5) is 12.5. The van der Waals surface area contributed by atoms with Crippen LogP contribution in [0.5, 0.6) is 5.75 Å². The molecule has 0 aliphatic carbocycles. The first kappa shape index (κ1) is 10.7. The number of benzene rings is 1. The number of ketones is 1. The molecule has 1 aromatic rings. The lowest BCUT2D eigenvalue weighted by molar-refractivity contribution is -0.110.